The van der Waals surface area contributed by atoms with Crippen LogP contribution in [0.2, 0.25) is 0 Å². The maximum Gasteiger partial charge on any atom is -0.00161 e. The van der Waals surface area contributed by atoms with Crippen LogP contribution in [0.1, 0.15) is 59.8 Å². The van der Waals surface area contributed by atoms with E-state index >= 15 is 0 Å². The second-order valence-electron chi connectivity index (χ2n) is 6.42. The molecule has 0 radical (unpaired) electrons. The molecule has 1 saturated carbocycles. The second kappa shape index (κ2) is 5.30. The van der Waals surface area contributed by atoms with Crippen LogP contribution in [0.25, 0.3) is 0 Å². The van der Waals surface area contributed by atoms with Gasteiger partial charge in [0.05, 0.1) is 0 Å². The molecule has 1 heterocycles. The Hall–Kier alpha value is -0.0400. The highest BCUT2D eigenvalue weighted by Crippen LogP contribution is 2.67. The molecule has 0 spiro atoms. The molecule has 1 heteroatoms. The van der Waals surface area contributed by atoms with Gasteiger partial charge in [0, 0.05) is 0 Å². The number of likely N-dealkylation sites (tertiary alicyclic amines) is 1. The fraction of sp³-hybridized carbons (Fsp3) is 1.00. The van der Waals surface area contributed by atoms with E-state index in [2.05, 4.69) is 32.6 Å². The van der Waals surface area contributed by atoms with Crippen molar-refractivity contribution < 1.29 is 0 Å². The molecule has 2 fully saturated rings. The average molecular weight is 237 g/mol. The fourth-order valence-electron chi connectivity index (χ4n) is 4.84. The highest BCUT2D eigenvalue weighted by molar-refractivity contribution is 5.10. The van der Waals surface area contributed by atoms with E-state index in [1.807, 2.05) is 0 Å². The van der Waals surface area contributed by atoms with Crippen molar-refractivity contribution in [1.29, 1.82) is 0 Å². The molecule has 1 aliphatic carbocycles. The molecule has 1 aliphatic heterocycles. The predicted molar refractivity (Wildman–Crippen MR) is 75.1 cm³/mol. The van der Waals surface area contributed by atoms with E-state index in [9.17, 15) is 0 Å². The molecule has 3 unspecified atom stereocenters. The van der Waals surface area contributed by atoms with Crippen molar-refractivity contribution in [2.45, 2.75) is 59.8 Å². The van der Waals surface area contributed by atoms with E-state index in [0.717, 1.165) is 23.2 Å². The Morgan fingerprint density at radius 1 is 1.12 bits per heavy atom. The monoisotopic (exact) mass is 237 g/mol. The van der Waals surface area contributed by atoms with Gasteiger partial charge in [0.1, 0.15) is 0 Å². The summed E-state index contributed by atoms with van der Waals surface area (Å²) in [6.45, 7) is 13.6. The maximum absolute atomic E-state index is 2.62. The van der Waals surface area contributed by atoms with Crippen LogP contribution < -0.4 is 0 Å². The van der Waals surface area contributed by atoms with Gasteiger partial charge in [-0.05, 0) is 68.5 Å². The van der Waals surface area contributed by atoms with E-state index in [1.165, 1.54) is 51.7 Å². The summed E-state index contributed by atoms with van der Waals surface area (Å²) >= 11 is 0. The van der Waals surface area contributed by atoms with Crippen molar-refractivity contribution in [1.82, 2.24) is 4.90 Å². The predicted octanol–water partition coefficient (Wildman–Crippen LogP) is 4.18. The third-order valence-electron chi connectivity index (χ3n) is 5.96. The van der Waals surface area contributed by atoms with Crippen molar-refractivity contribution in [2.75, 3.05) is 19.6 Å². The first-order valence-corrected chi connectivity index (χ1v) is 7.91. The Balaban J connectivity index is 1.92. The lowest BCUT2D eigenvalue weighted by Gasteiger charge is -2.32. The summed E-state index contributed by atoms with van der Waals surface area (Å²) in [5, 5.41) is 0. The molecule has 3 atom stereocenters. The standard InChI is InChI=1S/C16H31N/c1-5-10-16(6-2)13(4)15(16)14-8-11-17(7-3)12-9-14/h13-15H,5-12H2,1-4H3. The molecular weight excluding hydrogens is 206 g/mol. The first-order valence-electron chi connectivity index (χ1n) is 7.91. The molecule has 100 valence electrons. The van der Waals surface area contributed by atoms with Crippen molar-refractivity contribution in [3.05, 3.63) is 0 Å². The molecule has 0 aromatic rings. The van der Waals surface area contributed by atoms with Gasteiger partial charge >= 0.3 is 0 Å². The van der Waals surface area contributed by atoms with Crippen LogP contribution in [0.5, 0.6) is 0 Å². The topological polar surface area (TPSA) is 3.24 Å². The fourth-order valence-corrected chi connectivity index (χ4v) is 4.84. The van der Waals surface area contributed by atoms with Gasteiger partial charge in [-0.2, -0.15) is 0 Å². The number of hydrogen-bond donors (Lipinski definition) is 0. The van der Waals surface area contributed by atoms with Crippen molar-refractivity contribution in [3.8, 4) is 0 Å². The lowest BCUT2D eigenvalue weighted by molar-refractivity contribution is 0.164. The SMILES string of the molecule is CCCC1(CC)C(C)C1C1CCN(CC)CC1. The van der Waals surface area contributed by atoms with Crippen LogP contribution in [0.15, 0.2) is 0 Å². The van der Waals surface area contributed by atoms with Gasteiger partial charge in [0.15, 0.2) is 0 Å². The Morgan fingerprint density at radius 2 is 1.76 bits per heavy atom. The normalized spacial score (nSPS) is 39.5. The Morgan fingerprint density at radius 3 is 2.24 bits per heavy atom. The van der Waals surface area contributed by atoms with Gasteiger partial charge in [-0.1, -0.05) is 34.1 Å². The zero-order chi connectivity index (χ0) is 12.5. The van der Waals surface area contributed by atoms with Gasteiger partial charge in [-0.15, -0.1) is 0 Å². The van der Waals surface area contributed by atoms with E-state index in [1.54, 1.807) is 0 Å². The molecule has 0 bridgehead atoms. The molecule has 0 N–H and O–H groups in total. The Bertz CT molecular complexity index is 242. The number of piperidine rings is 1. The van der Waals surface area contributed by atoms with Crippen LogP contribution >= 0.6 is 0 Å². The molecule has 0 amide bonds. The smallest absolute Gasteiger partial charge is 0.00161 e. The highest BCUT2D eigenvalue weighted by Gasteiger charge is 2.61. The zero-order valence-electron chi connectivity index (χ0n) is 12.3. The maximum atomic E-state index is 2.62. The summed E-state index contributed by atoms with van der Waals surface area (Å²) < 4.78 is 0. The van der Waals surface area contributed by atoms with Gasteiger partial charge in [0.25, 0.3) is 0 Å². The van der Waals surface area contributed by atoms with Crippen molar-refractivity contribution in [2.24, 2.45) is 23.2 Å². The molecule has 2 aliphatic rings. The molecule has 0 aromatic carbocycles. The third-order valence-corrected chi connectivity index (χ3v) is 5.96. The summed E-state index contributed by atoms with van der Waals surface area (Å²) in [7, 11) is 0. The van der Waals surface area contributed by atoms with Gasteiger partial charge in [0.2, 0.25) is 0 Å². The molecule has 0 aromatic heterocycles. The van der Waals surface area contributed by atoms with Crippen LogP contribution in [-0.2, 0) is 0 Å². The molecule has 1 saturated heterocycles. The van der Waals surface area contributed by atoms with Crippen LogP contribution in [0.3, 0.4) is 0 Å². The summed E-state index contributed by atoms with van der Waals surface area (Å²) in [5.74, 6) is 3.11. The molecular formula is C16H31N. The minimum atomic E-state index is 0.744. The van der Waals surface area contributed by atoms with Crippen molar-refractivity contribution in [3.63, 3.8) is 0 Å². The van der Waals surface area contributed by atoms with Gasteiger partial charge in [-0.3, -0.25) is 0 Å². The zero-order valence-corrected chi connectivity index (χ0v) is 12.3. The highest BCUT2D eigenvalue weighted by atomic mass is 15.1. The Kier molecular flexibility index (Phi) is 4.18. The van der Waals surface area contributed by atoms with E-state index in [4.69, 9.17) is 0 Å². The molecule has 1 nitrogen and oxygen atoms in total. The van der Waals surface area contributed by atoms with Gasteiger partial charge < -0.3 is 4.90 Å². The second-order valence-corrected chi connectivity index (χ2v) is 6.42. The molecule has 2 rings (SSSR count). The van der Waals surface area contributed by atoms with Crippen LogP contribution in [-0.4, -0.2) is 24.5 Å². The van der Waals surface area contributed by atoms with Crippen molar-refractivity contribution >= 4 is 0 Å². The first-order chi connectivity index (χ1) is 8.19. The summed E-state index contributed by atoms with van der Waals surface area (Å²) in [5.41, 5.74) is 0.744. The van der Waals surface area contributed by atoms with E-state index in [-0.39, 0.29) is 0 Å². The minimum Gasteiger partial charge on any atom is -0.304 e. The number of rotatable bonds is 5. The quantitative estimate of drug-likeness (QED) is 0.693. The first kappa shape index (κ1) is 13.4. The number of hydrogen-bond acceptors (Lipinski definition) is 1. The lowest BCUT2D eigenvalue weighted by atomic mass is 9.84. The summed E-state index contributed by atoms with van der Waals surface area (Å²) in [6, 6.07) is 0. The van der Waals surface area contributed by atoms with E-state index < -0.39 is 0 Å². The largest absolute Gasteiger partial charge is 0.304 e. The van der Waals surface area contributed by atoms with Crippen LogP contribution in [0, 0.1) is 23.2 Å². The summed E-state index contributed by atoms with van der Waals surface area (Å²) in [6.07, 6.45) is 7.20. The Labute approximate surface area is 108 Å². The van der Waals surface area contributed by atoms with Crippen LogP contribution in [0.4, 0.5) is 0 Å². The average Bonchev–Trinajstić information content (AvgIpc) is 2.95. The van der Waals surface area contributed by atoms with E-state index in [0.29, 0.717) is 0 Å². The van der Waals surface area contributed by atoms with Gasteiger partial charge in [-0.25, -0.2) is 0 Å². The lowest BCUT2D eigenvalue weighted by Crippen LogP contribution is -2.34. The summed E-state index contributed by atoms with van der Waals surface area (Å²) in [4.78, 5) is 2.62. The third kappa shape index (κ3) is 2.28. The molecule has 17 heavy (non-hydrogen) atoms. The minimum absolute atomic E-state index is 0.744. The number of nitrogens with zero attached hydrogens (tertiary/aromatic N) is 1.